The van der Waals surface area contributed by atoms with Gasteiger partial charge in [0.15, 0.2) is 0 Å². The topological polar surface area (TPSA) is 63.3 Å². The third kappa shape index (κ3) is 5.67. The molecule has 1 amide bonds. The van der Waals surface area contributed by atoms with Crippen LogP contribution in [0.1, 0.15) is 51.9 Å². The first-order valence-electron chi connectivity index (χ1n) is 15.7. The van der Waals surface area contributed by atoms with Crippen molar-refractivity contribution >= 4 is 5.91 Å². The van der Waals surface area contributed by atoms with Crippen molar-refractivity contribution in [2.24, 2.45) is 35.0 Å². The maximum atomic E-state index is 14.4. The van der Waals surface area contributed by atoms with Crippen LogP contribution >= 0.6 is 0 Å². The second-order valence-corrected chi connectivity index (χ2v) is 13.8. The van der Waals surface area contributed by atoms with Gasteiger partial charge in [0, 0.05) is 56.6 Å². The molecule has 0 radical (unpaired) electrons. The van der Waals surface area contributed by atoms with Gasteiger partial charge >= 0.3 is 6.18 Å². The Morgan fingerprint density at radius 3 is 2.42 bits per heavy atom. The molecule has 7 unspecified atom stereocenters. The van der Waals surface area contributed by atoms with Crippen molar-refractivity contribution in [3.05, 3.63) is 0 Å². The van der Waals surface area contributed by atoms with E-state index in [2.05, 4.69) is 39.5 Å². The second-order valence-electron chi connectivity index (χ2n) is 13.8. The van der Waals surface area contributed by atoms with Gasteiger partial charge in [-0.05, 0) is 69.9 Å². The minimum atomic E-state index is -4.25. The molecule has 2 saturated carbocycles. The zero-order valence-electron chi connectivity index (χ0n) is 24.3. The third-order valence-electron chi connectivity index (χ3n) is 11.5. The normalized spacial score (nSPS) is 39.9. The van der Waals surface area contributed by atoms with Gasteiger partial charge in [-0.15, -0.1) is 0 Å². The van der Waals surface area contributed by atoms with Gasteiger partial charge in [-0.2, -0.15) is 13.2 Å². The van der Waals surface area contributed by atoms with Crippen LogP contribution in [0.4, 0.5) is 13.2 Å². The molecule has 11 heteroatoms. The molecule has 4 saturated heterocycles. The van der Waals surface area contributed by atoms with Gasteiger partial charge in [-0.1, -0.05) is 13.3 Å². The Hall–Kier alpha value is -0.980. The molecule has 228 valence electrons. The lowest BCUT2D eigenvalue weighted by Crippen LogP contribution is -2.56. The van der Waals surface area contributed by atoms with Crippen LogP contribution in [0.2, 0.25) is 0 Å². The Balaban J connectivity index is 1.13. The van der Waals surface area contributed by atoms with E-state index in [9.17, 15) is 18.0 Å². The molecule has 2 N–H and O–H groups in total. The molecule has 4 aliphatic heterocycles. The minimum Gasteiger partial charge on any atom is -0.380 e. The number of alkyl halides is 3. The Labute approximate surface area is 237 Å². The van der Waals surface area contributed by atoms with Crippen molar-refractivity contribution in [1.82, 2.24) is 30.5 Å². The zero-order valence-corrected chi connectivity index (χ0v) is 24.3. The number of hydrazine groups is 1. The van der Waals surface area contributed by atoms with E-state index in [-0.39, 0.29) is 42.4 Å². The molecule has 6 aliphatic rings. The number of hydrogen-bond donors (Lipinski definition) is 2. The summed E-state index contributed by atoms with van der Waals surface area (Å²) in [5.41, 5.74) is 6.67. The van der Waals surface area contributed by atoms with Gasteiger partial charge in [0.2, 0.25) is 5.91 Å². The fourth-order valence-corrected chi connectivity index (χ4v) is 9.01. The first-order chi connectivity index (χ1) is 19.2. The SMILES string of the molecule is CCN1CCN(CC2CC3C(=O)N(C4CCCC(C5(CC6NNCN6C)COC5)C4)CC3C(C(F)(F)F)C2)CC1. The van der Waals surface area contributed by atoms with E-state index in [1.165, 1.54) is 0 Å². The highest BCUT2D eigenvalue weighted by molar-refractivity contribution is 5.82. The van der Waals surface area contributed by atoms with E-state index < -0.39 is 23.9 Å². The molecular weight excluding hydrogens is 521 g/mol. The molecule has 0 aromatic heterocycles. The number of piperazine rings is 1. The Kier molecular flexibility index (Phi) is 8.44. The monoisotopic (exact) mass is 570 g/mol. The Morgan fingerprint density at radius 2 is 1.80 bits per heavy atom. The average Bonchev–Trinajstić information content (AvgIpc) is 3.48. The first kappa shape index (κ1) is 29.1. The standard InChI is InChI=1S/C29H49F3N6O2/c1-3-36-7-9-37(10-8-36)15-20-11-23-24(25(12-20)29(30,31)32)16-38(27(23)39)22-6-4-5-21(13-22)28(17-40-18-28)14-26-34-33-19-35(26)2/h20-26,33-34H,3-19H2,1-2H3. The third-order valence-corrected chi connectivity index (χ3v) is 11.5. The van der Waals surface area contributed by atoms with E-state index in [0.29, 0.717) is 18.9 Å². The maximum absolute atomic E-state index is 14.4. The van der Waals surface area contributed by atoms with Gasteiger partial charge in [-0.3, -0.25) is 9.69 Å². The van der Waals surface area contributed by atoms with Crippen molar-refractivity contribution in [3.8, 4) is 0 Å². The quantitative estimate of drug-likeness (QED) is 0.488. The fraction of sp³-hybridized carbons (Fsp3) is 0.966. The molecule has 0 aromatic carbocycles. The highest BCUT2D eigenvalue weighted by Gasteiger charge is 2.58. The predicted octanol–water partition coefficient (Wildman–Crippen LogP) is 2.58. The number of fused-ring (bicyclic) bond motifs is 1. The Bertz CT molecular complexity index is 895. The van der Waals surface area contributed by atoms with Crippen molar-refractivity contribution < 1.29 is 22.7 Å². The number of likely N-dealkylation sites (tertiary alicyclic amines) is 1. The summed E-state index contributed by atoms with van der Waals surface area (Å²) in [4.78, 5) is 22.8. The number of halogens is 3. The van der Waals surface area contributed by atoms with E-state index in [1.54, 1.807) is 0 Å². The number of nitrogens with zero attached hydrogens (tertiary/aromatic N) is 4. The van der Waals surface area contributed by atoms with E-state index in [0.717, 1.165) is 84.7 Å². The molecule has 6 fully saturated rings. The summed E-state index contributed by atoms with van der Waals surface area (Å²) in [6.45, 7) is 10.2. The highest BCUT2D eigenvalue weighted by atomic mass is 19.4. The summed E-state index contributed by atoms with van der Waals surface area (Å²) in [6, 6.07) is 0.0520. The molecule has 7 atom stereocenters. The van der Waals surface area contributed by atoms with Gasteiger partial charge in [-0.25, -0.2) is 10.9 Å². The predicted molar refractivity (Wildman–Crippen MR) is 146 cm³/mol. The van der Waals surface area contributed by atoms with Gasteiger partial charge in [0.1, 0.15) is 0 Å². The number of ether oxygens (including phenoxy) is 1. The van der Waals surface area contributed by atoms with Crippen LogP contribution in [-0.2, 0) is 9.53 Å². The average molecular weight is 571 g/mol. The van der Waals surface area contributed by atoms with Crippen LogP contribution in [0.5, 0.6) is 0 Å². The van der Waals surface area contributed by atoms with Crippen molar-refractivity contribution in [3.63, 3.8) is 0 Å². The molecule has 0 aromatic rings. The smallest absolute Gasteiger partial charge is 0.380 e. The molecule has 0 spiro atoms. The first-order valence-corrected chi connectivity index (χ1v) is 15.7. The number of carbonyl (C=O) groups is 1. The molecule has 0 bridgehead atoms. The van der Waals surface area contributed by atoms with Gasteiger partial charge < -0.3 is 19.4 Å². The number of amides is 1. The van der Waals surface area contributed by atoms with Gasteiger partial charge in [0.25, 0.3) is 0 Å². The van der Waals surface area contributed by atoms with Crippen molar-refractivity contribution in [2.75, 3.05) is 72.7 Å². The number of carbonyl (C=O) groups excluding carboxylic acids is 1. The molecule has 6 rings (SSSR count). The molecule has 8 nitrogen and oxygen atoms in total. The summed E-state index contributed by atoms with van der Waals surface area (Å²) in [6.07, 6.45) is 1.69. The van der Waals surface area contributed by atoms with Crippen LogP contribution in [0.3, 0.4) is 0 Å². The number of hydrogen-bond acceptors (Lipinski definition) is 7. The number of rotatable bonds is 7. The van der Waals surface area contributed by atoms with Crippen LogP contribution in [0, 0.1) is 35.0 Å². The lowest BCUT2D eigenvalue weighted by atomic mass is 9.64. The lowest BCUT2D eigenvalue weighted by molar-refractivity contribution is -0.204. The van der Waals surface area contributed by atoms with E-state index in [4.69, 9.17) is 4.74 Å². The van der Waals surface area contributed by atoms with Crippen molar-refractivity contribution in [1.29, 1.82) is 0 Å². The summed E-state index contributed by atoms with van der Waals surface area (Å²) >= 11 is 0. The number of likely N-dealkylation sites (N-methyl/N-ethyl adjacent to an activating group) is 1. The van der Waals surface area contributed by atoms with Crippen molar-refractivity contribution in [2.45, 2.75) is 70.3 Å². The maximum Gasteiger partial charge on any atom is 0.392 e. The summed E-state index contributed by atoms with van der Waals surface area (Å²) in [5, 5.41) is 0. The number of nitrogens with one attached hydrogen (secondary N) is 2. The highest BCUT2D eigenvalue weighted by Crippen LogP contribution is 2.53. The summed E-state index contributed by atoms with van der Waals surface area (Å²) < 4.78 is 49.1. The minimum absolute atomic E-state index is 0.00528. The molecule has 40 heavy (non-hydrogen) atoms. The van der Waals surface area contributed by atoms with Crippen LogP contribution < -0.4 is 10.9 Å². The van der Waals surface area contributed by atoms with Crippen LogP contribution in [0.25, 0.3) is 0 Å². The van der Waals surface area contributed by atoms with E-state index in [1.807, 2.05) is 4.90 Å². The van der Waals surface area contributed by atoms with Gasteiger partial charge in [0.05, 0.1) is 32.0 Å². The van der Waals surface area contributed by atoms with E-state index >= 15 is 0 Å². The molecular formula is C29H49F3N6O2. The second kappa shape index (κ2) is 11.6. The lowest BCUT2D eigenvalue weighted by Gasteiger charge is -2.52. The van der Waals surface area contributed by atoms with Crippen LogP contribution in [-0.4, -0.2) is 117 Å². The van der Waals surface area contributed by atoms with Crippen LogP contribution in [0.15, 0.2) is 0 Å². The summed E-state index contributed by atoms with van der Waals surface area (Å²) in [5.74, 6) is -2.08. The Morgan fingerprint density at radius 1 is 1.05 bits per heavy atom. The molecule has 4 heterocycles. The largest absolute Gasteiger partial charge is 0.392 e. The zero-order chi connectivity index (χ0) is 28.1. The molecule has 2 aliphatic carbocycles. The summed E-state index contributed by atoms with van der Waals surface area (Å²) in [7, 11) is 2.11. The fourth-order valence-electron chi connectivity index (χ4n) is 9.01.